The molecule has 2 rings (SSSR count). The molecule has 2 aromatic rings. The van der Waals surface area contributed by atoms with Gasteiger partial charge in [0.25, 0.3) is 0 Å². The van der Waals surface area contributed by atoms with E-state index >= 15 is 0 Å². The molecule has 1 atom stereocenters. The molecule has 0 aliphatic carbocycles. The zero-order chi connectivity index (χ0) is 15.6. The number of aliphatic hydroxyl groups is 1. The summed E-state index contributed by atoms with van der Waals surface area (Å²) in [5.74, 6) is -1.40. The molecule has 6 heteroatoms. The molecule has 112 valence electrons. The van der Waals surface area contributed by atoms with Crippen LogP contribution in [0.3, 0.4) is 0 Å². The molecule has 0 bridgehead atoms. The molecule has 0 aliphatic rings. The predicted octanol–water partition coefficient (Wildman–Crippen LogP) is 2.64. The van der Waals surface area contributed by atoms with Gasteiger partial charge in [-0.1, -0.05) is 18.2 Å². The van der Waals surface area contributed by atoms with Gasteiger partial charge in [0.05, 0.1) is 11.0 Å². The van der Waals surface area contributed by atoms with Gasteiger partial charge in [0, 0.05) is 18.7 Å². The first kappa shape index (κ1) is 15.6. The second kappa shape index (κ2) is 5.91. The molecule has 2 aromatic carbocycles. The predicted molar refractivity (Wildman–Crippen MR) is 74.6 cm³/mol. The molecule has 0 fully saturated rings. The fourth-order valence-corrected chi connectivity index (χ4v) is 2.58. The van der Waals surface area contributed by atoms with Crippen molar-refractivity contribution in [3.05, 3.63) is 65.2 Å². The molecule has 0 radical (unpaired) electrons. The fraction of sp³-hybridized carbons (Fsp3) is 0.200. The van der Waals surface area contributed by atoms with E-state index in [1.807, 2.05) is 0 Å². The van der Waals surface area contributed by atoms with Gasteiger partial charge in [-0.15, -0.1) is 0 Å². The number of halogens is 2. The van der Waals surface area contributed by atoms with Gasteiger partial charge in [-0.25, -0.2) is 17.2 Å². The van der Waals surface area contributed by atoms with Crippen molar-refractivity contribution in [2.45, 2.75) is 17.4 Å². The van der Waals surface area contributed by atoms with Crippen molar-refractivity contribution in [1.29, 1.82) is 0 Å². The minimum absolute atomic E-state index is 0.0235. The van der Waals surface area contributed by atoms with Crippen LogP contribution in [-0.2, 0) is 16.3 Å². The smallest absolute Gasteiger partial charge is 0.175 e. The van der Waals surface area contributed by atoms with Gasteiger partial charge in [-0.05, 0) is 29.3 Å². The van der Waals surface area contributed by atoms with Gasteiger partial charge in [-0.3, -0.25) is 0 Å². The van der Waals surface area contributed by atoms with Crippen LogP contribution in [-0.4, -0.2) is 19.8 Å². The summed E-state index contributed by atoms with van der Waals surface area (Å²) in [7, 11) is -3.30. The summed E-state index contributed by atoms with van der Waals surface area (Å²) in [6, 6.07) is 8.88. The lowest BCUT2D eigenvalue weighted by atomic mass is 10.0. The first-order chi connectivity index (χ1) is 9.77. The lowest BCUT2D eigenvalue weighted by molar-refractivity contribution is 0.177. The summed E-state index contributed by atoms with van der Waals surface area (Å²) in [5, 5.41) is 10.1. The highest BCUT2D eigenvalue weighted by Gasteiger charge is 2.14. The Bertz CT molecular complexity index is 740. The molecular weight excluding hydrogens is 298 g/mol. The van der Waals surface area contributed by atoms with Gasteiger partial charge >= 0.3 is 0 Å². The van der Waals surface area contributed by atoms with E-state index < -0.39 is 27.6 Å². The standard InChI is InChI=1S/C15H14F2O3S/c1-21(19,20)13-6-3-10(4-7-13)15(18)8-11-2-5-12(16)9-14(11)17/h2-7,9,15,18H,8H2,1H3. The summed E-state index contributed by atoms with van der Waals surface area (Å²) in [6.07, 6.45) is 0.0648. The SMILES string of the molecule is CS(=O)(=O)c1ccc(C(O)Cc2ccc(F)cc2F)cc1. The molecule has 0 amide bonds. The van der Waals surface area contributed by atoms with Gasteiger partial charge in [0.1, 0.15) is 11.6 Å². The summed E-state index contributed by atoms with van der Waals surface area (Å²) >= 11 is 0. The van der Waals surface area contributed by atoms with Gasteiger partial charge in [-0.2, -0.15) is 0 Å². The number of rotatable bonds is 4. The molecule has 21 heavy (non-hydrogen) atoms. The Morgan fingerprint density at radius 2 is 1.71 bits per heavy atom. The molecule has 0 saturated carbocycles. The lowest BCUT2D eigenvalue weighted by Crippen LogP contribution is -2.05. The van der Waals surface area contributed by atoms with Crippen LogP contribution in [0.5, 0.6) is 0 Å². The number of sulfone groups is 1. The molecule has 0 aromatic heterocycles. The topological polar surface area (TPSA) is 54.4 Å². The Balaban J connectivity index is 2.18. The third-order valence-corrected chi connectivity index (χ3v) is 4.25. The zero-order valence-corrected chi connectivity index (χ0v) is 12.1. The van der Waals surface area contributed by atoms with E-state index in [4.69, 9.17) is 0 Å². The Kier molecular flexibility index (Phi) is 4.39. The van der Waals surface area contributed by atoms with Gasteiger partial charge in [0.15, 0.2) is 9.84 Å². The average molecular weight is 312 g/mol. The van der Waals surface area contributed by atoms with Crippen LogP contribution in [0.2, 0.25) is 0 Å². The van der Waals surface area contributed by atoms with Crippen molar-refractivity contribution in [2.24, 2.45) is 0 Å². The Morgan fingerprint density at radius 1 is 1.10 bits per heavy atom. The maximum absolute atomic E-state index is 13.5. The highest BCUT2D eigenvalue weighted by molar-refractivity contribution is 7.90. The van der Waals surface area contributed by atoms with Crippen LogP contribution in [0.1, 0.15) is 17.2 Å². The second-order valence-corrected chi connectivity index (χ2v) is 6.81. The van der Waals surface area contributed by atoms with Crippen LogP contribution in [0.15, 0.2) is 47.4 Å². The van der Waals surface area contributed by atoms with Crippen molar-refractivity contribution in [2.75, 3.05) is 6.26 Å². The van der Waals surface area contributed by atoms with Crippen LogP contribution < -0.4 is 0 Å². The molecule has 1 N–H and O–H groups in total. The maximum Gasteiger partial charge on any atom is 0.175 e. The highest BCUT2D eigenvalue weighted by Crippen LogP contribution is 2.22. The number of hydrogen-bond donors (Lipinski definition) is 1. The molecule has 1 unspecified atom stereocenters. The lowest BCUT2D eigenvalue weighted by Gasteiger charge is -2.12. The third kappa shape index (κ3) is 3.86. The van der Waals surface area contributed by atoms with Crippen LogP contribution in [0.25, 0.3) is 0 Å². The highest BCUT2D eigenvalue weighted by atomic mass is 32.2. The Hall–Kier alpha value is -1.79. The molecular formula is C15H14F2O3S. The van der Waals surface area contributed by atoms with Crippen molar-refractivity contribution >= 4 is 9.84 Å². The van der Waals surface area contributed by atoms with Gasteiger partial charge < -0.3 is 5.11 Å². The van der Waals surface area contributed by atoms with E-state index in [9.17, 15) is 22.3 Å². The second-order valence-electron chi connectivity index (χ2n) is 4.80. The molecule has 0 spiro atoms. The van der Waals surface area contributed by atoms with Crippen LogP contribution >= 0.6 is 0 Å². The number of hydrogen-bond acceptors (Lipinski definition) is 3. The Labute approximate surface area is 121 Å². The van der Waals surface area contributed by atoms with E-state index in [2.05, 4.69) is 0 Å². The first-order valence-electron chi connectivity index (χ1n) is 6.19. The molecule has 0 heterocycles. The van der Waals surface area contributed by atoms with E-state index in [-0.39, 0.29) is 16.9 Å². The van der Waals surface area contributed by atoms with Gasteiger partial charge in [0.2, 0.25) is 0 Å². The minimum Gasteiger partial charge on any atom is -0.388 e. The van der Waals surface area contributed by atoms with Crippen molar-refractivity contribution in [3.63, 3.8) is 0 Å². The van der Waals surface area contributed by atoms with Crippen molar-refractivity contribution in [1.82, 2.24) is 0 Å². The fourth-order valence-electron chi connectivity index (χ4n) is 1.95. The number of benzene rings is 2. The number of aliphatic hydroxyl groups excluding tert-OH is 1. The van der Waals surface area contributed by atoms with E-state index in [1.165, 1.54) is 30.3 Å². The molecule has 0 saturated heterocycles. The maximum atomic E-state index is 13.5. The van der Waals surface area contributed by atoms with Crippen LogP contribution in [0.4, 0.5) is 8.78 Å². The monoisotopic (exact) mass is 312 g/mol. The molecule has 0 aliphatic heterocycles. The quantitative estimate of drug-likeness (QED) is 0.944. The van der Waals surface area contributed by atoms with E-state index in [0.29, 0.717) is 5.56 Å². The summed E-state index contributed by atoms with van der Waals surface area (Å²) < 4.78 is 49.0. The summed E-state index contributed by atoms with van der Waals surface area (Å²) in [5.41, 5.74) is 0.655. The minimum atomic E-state index is -3.30. The molecule has 3 nitrogen and oxygen atoms in total. The normalized spacial score (nSPS) is 13.1. The third-order valence-electron chi connectivity index (χ3n) is 3.12. The average Bonchev–Trinajstić information content (AvgIpc) is 2.41. The summed E-state index contributed by atoms with van der Waals surface area (Å²) in [4.78, 5) is 0.145. The summed E-state index contributed by atoms with van der Waals surface area (Å²) in [6.45, 7) is 0. The largest absolute Gasteiger partial charge is 0.388 e. The zero-order valence-electron chi connectivity index (χ0n) is 11.3. The van der Waals surface area contributed by atoms with Crippen molar-refractivity contribution in [3.8, 4) is 0 Å². The van der Waals surface area contributed by atoms with E-state index in [0.717, 1.165) is 18.4 Å². The Morgan fingerprint density at radius 3 is 2.24 bits per heavy atom. The first-order valence-corrected chi connectivity index (χ1v) is 8.08. The van der Waals surface area contributed by atoms with Crippen LogP contribution in [0, 0.1) is 11.6 Å². The van der Waals surface area contributed by atoms with Crippen molar-refractivity contribution < 1.29 is 22.3 Å². The van der Waals surface area contributed by atoms with E-state index in [1.54, 1.807) is 0 Å².